The van der Waals surface area contributed by atoms with Gasteiger partial charge in [0, 0.05) is 85.6 Å². The van der Waals surface area contributed by atoms with Gasteiger partial charge in [-0.2, -0.15) is 26.3 Å². The number of anilines is 1. The second-order valence-corrected chi connectivity index (χ2v) is 37.1. The van der Waals surface area contributed by atoms with Crippen LogP contribution >= 0.6 is 22.9 Å². The maximum atomic E-state index is 14.7. The van der Waals surface area contributed by atoms with Crippen LogP contribution in [0.15, 0.2) is 140 Å². The van der Waals surface area contributed by atoms with E-state index in [1.807, 2.05) is 43.3 Å². The van der Waals surface area contributed by atoms with E-state index in [-0.39, 0.29) is 137 Å². The Morgan fingerprint density at radius 2 is 1.45 bits per heavy atom. The summed E-state index contributed by atoms with van der Waals surface area (Å²) in [5.41, 5.74) is 11.8. The number of thiophene rings is 1. The third-order valence-corrected chi connectivity index (χ3v) is 25.8. The maximum Gasteiger partial charge on any atom is 0.430 e. The number of carboxylic acids is 2. The van der Waals surface area contributed by atoms with Crippen LogP contribution in [-0.4, -0.2) is 324 Å². The van der Waals surface area contributed by atoms with Crippen LogP contribution in [0, 0.1) is 18.7 Å². The number of halogens is 5. The lowest BCUT2D eigenvalue weighted by molar-refractivity contribution is -0.926. The number of carbonyl (C=O) groups is 9. The van der Waals surface area contributed by atoms with Crippen LogP contribution in [0.25, 0.3) is 43.2 Å². The minimum atomic E-state index is -5.19. The average Bonchev–Trinajstić information content (AvgIpc) is 1.59. The average molecular weight is 2120 g/mol. The van der Waals surface area contributed by atoms with Crippen LogP contribution in [0.3, 0.4) is 0 Å². The van der Waals surface area contributed by atoms with Crippen molar-refractivity contribution in [3.05, 3.63) is 185 Å². The summed E-state index contributed by atoms with van der Waals surface area (Å²) in [5, 5.41) is 79.1. The first kappa shape index (κ1) is 114. The lowest BCUT2D eigenvalue weighted by Crippen LogP contribution is -2.59. The number of piperazine rings is 1. The number of aliphatic carboxylic acids is 2. The van der Waals surface area contributed by atoms with Crippen molar-refractivity contribution in [1.29, 1.82) is 0 Å². The van der Waals surface area contributed by atoms with E-state index in [4.69, 9.17) is 84.3 Å². The predicted molar refractivity (Wildman–Crippen MR) is 514 cm³/mol. The molecule has 147 heavy (non-hydrogen) atoms. The molecule has 2 fully saturated rings. The van der Waals surface area contributed by atoms with E-state index in [1.165, 1.54) is 34.5 Å². The van der Waals surface area contributed by atoms with E-state index in [1.54, 1.807) is 98.7 Å². The number of fused-ring (bicyclic) bond motifs is 1. The third-order valence-electron chi connectivity index (χ3n) is 23.2. The van der Waals surface area contributed by atoms with Gasteiger partial charge in [-0.1, -0.05) is 85.3 Å². The van der Waals surface area contributed by atoms with Crippen molar-refractivity contribution < 1.29 is 156 Å². The van der Waals surface area contributed by atoms with Crippen LogP contribution in [0.4, 0.5) is 32.8 Å². The van der Waals surface area contributed by atoms with Crippen molar-refractivity contribution in [1.82, 2.24) is 70.1 Å². The van der Waals surface area contributed by atoms with Crippen molar-refractivity contribution in [2.45, 2.75) is 134 Å². The number of nitrogens with zero attached hydrogens (tertiary/aromatic N) is 10. The first-order valence-corrected chi connectivity index (χ1v) is 49.0. The van der Waals surface area contributed by atoms with Gasteiger partial charge in [-0.25, -0.2) is 48.1 Å². The highest BCUT2D eigenvalue weighted by Gasteiger charge is 2.45. The first-order valence-electron chi connectivity index (χ1n) is 46.3. The topological polar surface area (TPSA) is 600 Å². The van der Waals surface area contributed by atoms with E-state index in [9.17, 15) is 89.9 Å². The summed E-state index contributed by atoms with van der Waals surface area (Å²) in [6, 6.07) is 28.0. The summed E-state index contributed by atoms with van der Waals surface area (Å²) in [4.78, 5) is 135. The number of likely N-dealkylation sites (N-methyl/N-ethyl adjacent to an activating group) is 1. The number of methoxy groups -OCH3 is 1. The number of rotatable bonds is 54. The molecule has 12 rings (SSSR count). The zero-order valence-corrected chi connectivity index (χ0v) is 82.8. The molecule has 13 N–H and O–H groups in total. The number of primary amides is 1. The highest BCUT2D eigenvalue weighted by atomic mass is 35.5. The molecule has 52 heteroatoms. The number of amides is 8. The molecule has 9 aromatic rings. The number of imide groups is 1. The molecule has 45 nitrogen and oxygen atoms in total. The number of alkyl halides is 3. The van der Waals surface area contributed by atoms with Gasteiger partial charge in [-0.15, -0.1) is 16.4 Å². The quantitative estimate of drug-likeness (QED) is 0.0111. The number of hydrogen-bond donors (Lipinski definition) is 12. The third kappa shape index (κ3) is 33.9. The van der Waals surface area contributed by atoms with Gasteiger partial charge < -0.3 is 119 Å². The molecule has 8 amide bonds. The molecule has 0 aliphatic carbocycles. The maximum absolute atomic E-state index is 14.7. The second-order valence-electron chi connectivity index (χ2n) is 34.2. The monoisotopic (exact) mass is 2120 g/mol. The van der Waals surface area contributed by atoms with Crippen molar-refractivity contribution in [3.8, 4) is 56.1 Å². The zero-order valence-electron chi connectivity index (χ0n) is 80.4. The Morgan fingerprint density at radius 3 is 2.16 bits per heavy atom. The summed E-state index contributed by atoms with van der Waals surface area (Å²) >= 11 is 8.63. The fourth-order valence-corrected chi connectivity index (χ4v) is 17.5. The zero-order chi connectivity index (χ0) is 106. The van der Waals surface area contributed by atoms with Crippen LogP contribution in [0.1, 0.15) is 66.8 Å². The number of aliphatic hydroxyl groups excluding tert-OH is 4. The highest BCUT2D eigenvalue weighted by Crippen LogP contribution is 2.50. The molecule has 7 heterocycles. The summed E-state index contributed by atoms with van der Waals surface area (Å²) in [6.45, 7) is 7.67. The Kier molecular flexibility index (Phi) is 42.7. The van der Waals surface area contributed by atoms with E-state index < -0.39 is 137 Å². The number of urea groups is 1. The summed E-state index contributed by atoms with van der Waals surface area (Å²) < 4.78 is 141. The number of para-hydroxylation sites is 2. The molecule has 0 radical (unpaired) electrons. The molecule has 0 unspecified atom stereocenters. The Bertz CT molecular complexity index is 6130. The summed E-state index contributed by atoms with van der Waals surface area (Å²) in [7, 11) is -0.689. The smallest absolute Gasteiger partial charge is 0.430 e. The number of carbonyl (C=O) groups excluding carboxylic acids is 8. The molecule has 0 saturated carbocycles. The molecule has 3 aliphatic rings. The van der Waals surface area contributed by atoms with Gasteiger partial charge in [0.05, 0.1) is 134 Å². The Labute approximate surface area is 849 Å². The Hall–Kier alpha value is -13.2. The molecule has 0 bridgehead atoms. The normalized spacial score (nSPS) is 16.9. The molecule has 3 aliphatic heterocycles. The van der Waals surface area contributed by atoms with Gasteiger partial charge in [-0.3, -0.25) is 33.8 Å². The fraction of sp³-hybridized carbons (Fsp3) is 0.442. The van der Waals surface area contributed by atoms with E-state index >= 15 is 0 Å². The van der Waals surface area contributed by atoms with Crippen molar-refractivity contribution in [3.63, 3.8) is 0 Å². The fourth-order valence-electron chi connectivity index (χ4n) is 15.4. The number of carboxylic acid groups (broad SMARTS) is 2. The SMILES string of the molecule is COc1ccccc1-c1nccc(COc2ccccc2C[C@@H](Oc2ncnc3sc(-c4ccc(F)cc4)c(-c4ccc(OCCN5CC[N+](C)(Cc6ccc(NC(=O)[C@H](CCCNC(N)=O)NC(=O)[C@@H](NC(=O)CCOCCN7C(=O)C=CC7=O)C(C)C)cc6COCc6cn(CCOC(=O)NS(=O)(=O)NCCOCCOCCO[C@@H]7O[C@H](CO)[C@@H](O)[C@H](O)[C@H]7O)nn6)CC5)c(Cl)c4C)c23)C(=O)O)n1.O=C([O-])C(F)(F)F. The number of quaternary nitrogens is 1. The standard InChI is InChI=1S/C93H113ClFN17O26S2.C2HF3O2/c1-56(2)80(105-74(114)27-38-129-40-35-111-75(115)24-25-76(111)116)87(121)104-68(13-10-28-98-92(96)124)86(120)103-63-21-18-60(61(47-63)52-132-53-65-49-110(108-106-65)34-42-135-93(125)107-140(126,127)101-30-39-130-43-44-131-45-46-134-91-83(119)82(118)81(117)73(51-113)138-91)50-112(4)36-31-109(32-37-112)33-41-133-71-23-22-66(57(3)79(71)94)77-78-88(99-55-100-89(78)139-84(77)58-16-19-62(95)20-17-58)137-72(90(122)123)48-59-11-6-8-14-69(59)136-54-64-26-29-97-85(102-64)67-12-7-9-15-70(67)128-5;3-2(4,5)1(6)7/h6-9,11-12,14-26,29,47,49,55-56,68,72-73,80-83,91,101,113,117-119H,10,13,27-28,30-46,48,50-54H2,1-5H3,(H7-,96,98,103,104,105,107,114,120,121,122,123,124,125);(H,6,7)/t68-,72+,73+,80-,81+,82-,83+,91+;/m0./s1. The minimum Gasteiger partial charge on any atom is -0.542 e. The van der Waals surface area contributed by atoms with Gasteiger partial charge in [0.2, 0.25) is 29.7 Å². The molecular formula is C95H114ClF4N17O28S2. The van der Waals surface area contributed by atoms with E-state index in [2.05, 4.69) is 63.2 Å². The summed E-state index contributed by atoms with van der Waals surface area (Å²) in [5.74, 6) is -6.20. The number of ether oxygens (including phenoxy) is 11. The minimum absolute atomic E-state index is 0.00786. The van der Waals surface area contributed by atoms with Gasteiger partial charge in [0.15, 0.2) is 12.1 Å². The highest BCUT2D eigenvalue weighted by molar-refractivity contribution is 7.88. The summed E-state index contributed by atoms with van der Waals surface area (Å²) in [6.07, 6.45) is -8.49. The Morgan fingerprint density at radius 1 is 0.741 bits per heavy atom. The lowest BCUT2D eigenvalue weighted by Gasteiger charge is -2.42. The molecule has 5 aromatic carbocycles. The molecule has 794 valence electrons. The van der Waals surface area contributed by atoms with Crippen molar-refractivity contribution >= 4 is 103 Å². The Balaban J connectivity index is 0.00000283. The number of aliphatic hydroxyl groups is 4. The largest absolute Gasteiger partial charge is 0.542 e. The van der Waals surface area contributed by atoms with E-state index in [0.29, 0.717) is 143 Å². The second kappa shape index (κ2) is 55.0. The molecular weight excluding hydrogens is 2000 g/mol. The number of hydrogen-bond acceptors (Lipinski definition) is 35. The van der Waals surface area contributed by atoms with Crippen molar-refractivity contribution in [2.24, 2.45) is 11.7 Å². The van der Waals surface area contributed by atoms with Gasteiger partial charge in [0.25, 0.3) is 11.8 Å². The van der Waals surface area contributed by atoms with Gasteiger partial charge in [0.1, 0.15) is 109 Å². The molecule has 0 spiro atoms. The molecule has 8 atom stereocenters. The van der Waals surface area contributed by atoms with E-state index in [0.717, 1.165) is 22.6 Å². The first-order chi connectivity index (χ1) is 70.3. The van der Waals surface area contributed by atoms with Crippen LogP contribution in [0.2, 0.25) is 5.02 Å². The van der Waals surface area contributed by atoms with Crippen LogP contribution in [-0.2, 0) is 116 Å². The van der Waals surface area contributed by atoms with Gasteiger partial charge >= 0.3 is 34.5 Å². The van der Waals surface area contributed by atoms with Gasteiger partial charge in [-0.05, 0) is 108 Å². The molecule has 4 aromatic heterocycles. The number of nitrogens with one attached hydrogen (secondary N) is 6. The van der Waals surface area contributed by atoms with Crippen molar-refractivity contribution in [2.75, 3.05) is 138 Å². The van der Waals surface area contributed by atoms with Crippen LogP contribution < -0.4 is 60.5 Å². The number of aromatic nitrogens is 7. The number of benzene rings is 5. The predicted octanol–water partition coefficient (Wildman–Crippen LogP) is 3.95. The number of nitrogens with two attached hydrogens (primary N) is 1. The lowest BCUT2D eigenvalue weighted by atomic mass is 9.96. The molecule has 2 saturated heterocycles. The van der Waals surface area contributed by atoms with Crippen LogP contribution in [0.5, 0.6) is 23.1 Å².